The first-order chi connectivity index (χ1) is 13.6. The number of amides is 1. The van der Waals surface area contributed by atoms with E-state index < -0.39 is 10.8 Å². The summed E-state index contributed by atoms with van der Waals surface area (Å²) in [6, 6.07) is 15.0. The van der Waals surface area contributed by atoms with Gasteiger partial charge in [-0.05, 0) is 36.4 Å². The first-order valence-electron chi connectivity index (χ1n) is 8.68. The molecule has 0 atom stereocenters. The molecule has 8 nitrogen and oxygen atoms in total. The Hall–Kier alpha value is -3.70. The van der Waals surface area contributed by atoms with Crippen LogP contribution in [-0.2, 0) is 9.53 Å². The van der Waals surface area contributed by atoms with E-state index in [0.29, 0.717) is 18.9 Å². The minimum Gasteiger partial charge on any atom is -0.378 e. The summed E-state index contributed by atoms with van der Waals surface area (Å²) in [6.45, 7) is 2.98. The van der Waals surface area contributed by atoms with Crippen molar-refractivity contribution in [3.8, 4) is 6.07 Å². The summed E-state index contributed by atoms with van der Waals surface area (Å²) in [6.07, 6.45) is 1.22. The number of rotatable bonds is 5. The summed E-state index contributed by atoms with van der Waals surface area (Å²) in [4.78, 5) is 25.1. The first-order valence-corrected chi connectivity index (χ1v) is 8.68. The molecule has 1 heterocycles. The van der Waals surface area contributed by atoms with Gasteiger partial charge in [0.2, 0.25) is 0 Å². The summed E-state index contributed by atoms with van der Waals surface area (Å²) in [5.41, 5.74) is 1.37. The summed E-state index contributed by atoms with van der Waals surface area (Å²) < 4.78 is 5.33. The van der Waals surface area contributed by atoms with Crippen LogP contribution in [0.4, 0.5) is 17.1 Å². The van der Waals surface area contributed by atoms with Gasteiger partial charge in [0.1, 0.15) is 11.6 Å². The number of nitrogens with zero attached hydrogens (tertiary/aromatic N) is 3. The van der Waals surface area contributed by atoms with E-state index in [0.717, 1.165) is 18.8 Å². The van der Waals surface area contributed by atoms with Crippen LogP contribution in [0.1, 0.15) is 5.56 Å². The topological polar surface area (TPSA) is 108 Å². The highest BCUT2D eigenvalue weighted by molar-refractivity contribution is 6.10. The Morgan fingerprint density at radius 3 is 2.50 bits per heavy atom. The van der Waals surface area contributed by atoms with Crippen LogP contribution >= 0.6 is 0 Å². The molecule has 1 saturated heterocycles. The zero-order chi connectivity index (χ0) is 19.9. The van der Waals surface area contributed by atoms with Crippen molar-refractivity contribution in [3.05, 3.63) is 69.8 Å². The van der Waals surface area contributed by atoms with Crippen LogP contribution < -0.4 is 10.2 Å². The molecule has 0 saturated carbocycles. The monoisotopic (exact) mass is 378 g/mol. The number of nitriles is 1. The normalized spacial score (nSPS) is 14.2. The van der Waals surface area contributed by atoms with E-state index in [2.05, 4.69) is 10.2 Å². The third kappa shape index (κ3) is 4.52. The highest BCUT2D eigenvalue weighted by atomic mass is 16.6. The lowest BCUT2D eigenvalue weighted by molar-refractivity contribution is -0.385. The van der Waals surface area contributed by atoms with Crippen molar-refractivity contribution in [1.29, 1.82) is 5.26 Å². The molecular formula is C20H18N4O4. The fourth-order valence-electron chi connectivity index (χ4n) is 2.86. The van der Waals surface area contributed by atoms with Gasteiger partial charge in [0, 0.05) is 30.5 Å². The highest BCUT2D eigenvalue weighted by Crippen LogP contribution is 2.22. The lowest BCUT2D eigenvalue weighted by Crippen LogP contribution is -2.36. The molecule has 0 aliphatic carbocycles. The number of morpholine rings is 1. The first kappa shape index (κ1) is 19.1. The second-order valence-electron chi connectivity index (χ2n) is 6.09. The Morgan fingerprint density at radius 1 is 1.18 bits per heavy atom. The molecule has 8 heteroatoms. The molecule has 0 radical (unpaired) electrons. The molecule has 0 aromatic heterocycles. The standard InChI is InChI=1S/C20H18N4O4/c21-14-16(13-15-3-1-2-4-19(15)24(26)27)20(25)22-17-5-7-18(8-6-17)23-9-11-28-12-10-23/h1-8,13H,9-12H2,(H,22,25)/b16-13-. The zero-order valence-electron chi connectivity index (χ0n) is 15.0. The average molecular weight is 378 g/mol. The number of carbonyl (C=O) groups is 1. The minimum absolute atomic E-state index is 0.169. The summed E-state index contributed by atoms with van der Waals surface area (Å²) in [5, 5.41) is 23.1. The van der Waals surface area contributed by atoms with Gasteiger partial charge in [0.05, 0.1) is 23.7 Å². The Bertz CT molecular complexity index is 941. The number of nitro groups is 1. The molecule has 28 heavy (non-hydrogen) atoms. The van der Waals surface area contributed by atoms with Crippen LogP contribution in [0.25, 0.3) is 6.08 Å². The van der Waals surface area contributed by atoms with Crippen molar-refractivity contribution in [2.24, 2.45) is 0 Å². The van der Waals surface area contributed by atoms with E-state index in [1.165, 1.54) is 24.3 Å². The number of nitrogens with one attached hydrogen (secondary N) is 1. The van der Waals surface area contributed by atoms with Crippen molar-refractivity contribution in [2.75, 3.05) is 36.5 Å². The van der Waals surface area contributed by atoms with Gasteiger partial charge < -0.3 is 15.0 Å². The van der Waals surface area contributed by atoms with E-state index in [1.54, 1.807) is 24.3 Å². The summed E-state index contributed by atoms with van der Waals surface area (Å²) >= 11 is 0. The van der Waals surface area contributed by atoms with Crippen LogP contribution in [-0.4, -0.2) is 37.1 Å². The number of hydrogen-bond donors (Lipinski definition) is 1. The second kappa shape index (κ2) is 8.79. The molecule has 1 fully saturated rings. The molecule has 1 aliphatic rings. The number of para-hydroxylation sites is 1. The average Bonchev–Trinajstić information content (AvgIpc) is 2.73. The van der Waals surface area contributed by atoms with Gasteiger partial charge in [-0.25, -0.2) is 0 Å². The Kier molecular flexibility index (Phi) is 5.99. The SMILES string of the molecule is N#C/C(=C/c1ccccc1[N+](=O)[O-])C(=O)Nc1ccc(N2CCOCC2)cc1. The van der Waals surface area contributed by atoms with E-state index in [9.17, 15) is 20.2 Å². The van der Waals surface area contributed by atoms with Crippen LogP contribution in [0.3, 0.4) is 0 Å². The lowest BCUT2D eigenvalue weighted by Gasteiger charge is -2.28. The summed E-state index contributed by atoms with van der Waals surface area (Å²) in [5.74, 6) is -0.625. The second-order valence-corrected chi connectivity index (χ2v) is 6.09. The van der Waals surface area contributed by atoms with Gasteiger partial charge in [0.15, 0.2) is 0 Å². The largest absolute Gasteiger partial charge is 0.378 e. The van der Waals surface area contributed by atoms with Crippen LogP contribution in [0.15, 0.2) is 54.1 Å². The highest BCUT2D eigenvalue weighted by Gasteiger charge is 2.16. The van der Waals surface area contributed by atoms with E-state index in [-0.39, 0.29) is 16.8 Å². The van der Waals surface area contributed by atoms with E-state index >= 15 is 0 Å². The maximum Gasteiger partial charge on any atom is 0.276 e. The fraction of sp³-hybridized carbons (Fsp3) is 0.200. The van der Waals surface area contributed by atoms with Crippen molar-refractivity contribution in [1.82, 2.24) is 0 Å². The van der Waals surface area contributed by atoms with E-state index in [1.807, 2.05) is 12.1 Å². The quantitative estimate of drug-likeness (QED) is 0.371. The van der Waals surface area contributed by atoms with Gasteiger partial charge in [-0.2, -0.15) is 5.26 Å². The molecule has 0 spiro atoms. The fourth-order valence-corrected chi connectivity index (χ4v) is 2.86. The number of anilines is 2. The molecule has 2 aromatic carbocycles. The van der Waals surface area contributed by atoms with Gasteiger partial charge in [-0.3, -0.25) is 14.9 Å². The number of carbonyl (C=O) groups excluding carboxylic acids is 1. The van der Waals surface area contributed by atoms with Gasteiger partial charge in [-0.1, -0.05) is 12.1 Å². The smallest absolute Gasteiger partial charge is 0.276 e. The molecule has 0 bridgehead atoms. The van der Waals surface area contributed by atoms with E-state index in [4.69, 9.17) is 4.74 Å². The molecule has 1 N–H and O–H groups in total. The van der Waals surface area contributed by atoms with Crippen molar-refractivity contribution in [3.63, 3.8) is 0 Å². The van der Waals surface area contributed by atoms with Crippen molar-refractivity contribution < 1.29 is 14.5 Å². The van der Waals surface area contributed by atoms with Gasteiger partial charge in [-0.15, -0.1) is 0 Å². The Labute approximate surface area is 161 Å². The molecule has 0 unspecified atom stereocenters. The maximum absolute atomic E-state index is 12.4. The molecule has 2 aromatic rings. The summed E-state index contributed by atoms with van der Waals surface area (Å²) in [7, 11) is 0. The predicted molar refractivity (Wildman–Crippen MR) is 105 cm³/mol. The number of benzene rings is 2. The molecular weight excluding hydrogens is 360 g/mol. The molecule has 3 rings (SSSR count). The lowest BCUT2D eigenvalue weighted by atomic mass is 10.1. The number of ether oxygens (including phenoxy) is 1. The van der Waals surface area contributed by atoms with Crippen molar-refractivity contribution in [2.45, 2.75) is 0 Å². The van der Waals surface area contributed by atoms with Crippen LogP contribution in [0, 0.1) is 21.4 Å². The van der Waals surface area contributed by atoms with Gasteiger partial charge >= 0.3 is 0 Å². The number of hydrogen-bond acceptors (Lipinski definition) is 6. The third-order valence-electron chi connectivity index (χ3n) is 4.30. The van der Waals surface area contributed by atoms with Crippen LogP contribution in [0.5, 0.6) is 0 Å². The predicted octanol–water partition coefficient (Wildman–Crippen LogP) is 2.98. The zero-order valence-corrected chi connectivity index (χ0v) is 15.0. The Morgan fingerprint density at radius 2 is 1.86 bits per heavy atom. The Balaban J connectivity index is 1.74. The van der Waals surface area contributed by atoms with Crippen LogP contribution in [0.2, 0.25) is 0 Å². The molecule has 1 amide bonds. The maximum atomic E-state index is 12.4. The molecule has 1 aliphatic heterocycles. The molecule has 142 valence electrons. The van der Waals surface area contributed by atoms with Crippen molar-refractivity contribution >= 4 is 29.0 Å². The third-order valence-corrected chi connectivity index (χ3v) is 4.30. The van der Waals surface area contributed by atoms with Gasteiger partial charge in [0.25, 0.3) is 11.6 Å². The number of nitro benzene ring substituents is 1. The minimum atomic E-state index is -0.625.